The van der Waals surface area contributed by atoms with Crippen LogP contribution in [0.15, 0.2) is 54.6 Å². The summed E-state index contributed by atoms with van der Waals surface area (Å²) < 4.78 is 5.66. The molecule has 0 aromatic heterocycles. The van der Waals surface area contributed by atoms with Crippen molar-refractivity contribution in [1.29, 1.82) is 0 Å². The van der Waals surface area contributed by atoms with Gasteiger partial charge in [0.05, 0.1) is 12.3 Å². The first-order chi connectivity index (χ1) is 15.6. The largest absolute Gasteiger partial charge is 0.494 e. The van der Waals surface area contributed by atoms with Gasteiger partial charge in [-0.05, 0) is 55.7 Å². The van der Waals surface area contributed by atoms with E-state index in [2.05, 4.69) is 6.92 Å². The van der Waals surface area contributed by atoms with E-state index >= 15 is 0 Å². The van der Waals surface area contributed by atoms with Gasteiger partial charge in [0.15, 0.2) is 0 Å². The number of carbonyl (C=O) groups excluding carboxylic acids is 3. The van der Waals surface area contributed by atoms with Crippen molar-refractivity contribution < 1.29 is 19.1 Å². The highest BCUT2D eigenvalue weighted by Crippen LogP contribution is 2.27. The number of imide groups is 1. The summed E-state index contributed by atoms with van der Waals surface area (Å²) in [6, 6.07) is 16.0. The number of likely N-dealkylation sites (tertiary alicyclic amines) is 1. The molecule has 2 aliphatic rings. The van der Waals surface area contributed by atoms with Crippen LogP contribution in [0.5, 0.6) is 5.75 Å². The number of anilines is 1. The quantitative estimate of drug-likeness (QED) is 0.488. The Morgan fingerprint density at radius 3 is 2.34 bits per heavy atom. The van der Waals surface area contributed by atoms with Crippen molar-refractivity contribution in [3.8, 4) is 5.75 Å². The topological polar surface area (TPSA) is 70.2 Å². The van der Waals surface area contributed by atoms with E-state index in [1.807, 2.05) is 35.2 Å². The lowest BCUT2D eigenvalue weighted by atomic mass is 10.0. The normalized spacial score (nSPS) is 17.2. The van der Waals surface area contributed by atoms with Crippen LogP contribution < -0.4 is 9.64 Å². The summed E-state index contributed by atoms with van der Waals surface area (Å²) in [6.45, 7) is 4.00. The lowest BCUT2D eigenvalue weighted by Gasteiger charge is -2.36. The molecule has 2 aromatic rings. The lowest BCUT2D eigenvalue weighted by Crippen LogP contribution is -2.48. The van der Waals surface area contributed by atoms with Gasteiger partial charge < -0.3 is 14.5 Å². The van der Waals surface area contributed by atoms with Crippen LogP contribution in [0, 0.1) is 0 Å². The molecule has 0 aliphatic carbocycles. The minimum absolute atomic E-state index is 0.0155. The average Bonchev–Trinajstić information content (AvgIpc) is 3.13. The predicted molar refractivity (Wildman–Crippen MR) is 122 cm³/mol. The highest BCUT2D eigenvalue weighted by Gasteiger charge is 2.41. The van der Waals surface area contributed by atoms with E-state index in [1.165, 1.54) is 4.90 Å². The molecule has 4 amide bonds. The van der Waals surface area contributed by atoms with Gasteiger partial charge in [0, 0.05) is 24.7 Å². The number of nitrogens with zero attached hydrogens (tertiary/aromatic N) is 3. The van der Waals surface area contributed by atoms with Crippen molar-refractivity contribution in [1.82, 2.24) is 9.80 Å². The van der Waals surface area contributed by atoms with Gasteiger partial charge in [0.2, 0.25) is 0 Å². The molecule has 4 rings (SSSR count). The monoisotopic (exact) mass is 435 g/mol. The fraction of sp³-hybridized carbons (Fsp3) is 0.400. The Morgan fingerprint density at radius 2 is 1.69 bits per heavy atom. The Balaban J connectivity index is 1.32. The highest BCUT2D eigenvalue weighted by molar-refractivity contribution is 6.19. The summed E-state index contributed by atoms with van der Waals surface area (Å²) in [6.07, 6.45) is 3.40. The van der Waals surface area contributed by atoms with Crippen molar-refractivity contribution in [2.45, 2.75) is 38.6 Å². The molecule has 0 N–H and O–H groups in total. The second-order valence-electron chi connectivity index (χ2n) is 8.22. The third-order valence-corrected chi connectivity index (χ3v) is 6.07. The van der Waals surface area contributed by atoms with Crippen LogP contribution in [0.4, 0.5) is 10.5 Å². The van der Waals surface area contributed by atoms with Gasteiger partial charge in [-0.1, -0.05) is 31.5 Å². The number of carbonyl (C=O) groups is 3. The second kappa shape index (κ2) is 9.85. The van der Waals surface area contributed by atoms with Crippen molar-refractivity contribution in [2.24, 2.45) is 0 Å². The molecule has 7 heteroatoms. The third kappa shape index (κ3) is 4.61. The fourth-order valence-corrected chi connectivity index (χ4v) is 4.23. The first-order valence-corrected chi connectivity index (χ1v) is 11.3. The molecular formula is C25H29N3O4. The van der Waals surface area contributed by atoms with Crippen molar-refractivity contribution in [3.63, 3.8) is 0 Å². The van der Waals surface area contributed by atoms with Crippen LogP contribution in [0.2, 0.25) is 0 Å². The zero-order valence-electron chi connectivity index (χ0n) is 18.4. The van der Waals surface area contributed by atoms with E-state index in [1.54, 1.807) is 29.2 Å². The highest BCUT2D eigenvalue weighted by atomic mass is 16.5. The molecule has 32 heavy (non-hydrogen) atoms. The van der Waals surface area contributed by atoms with Gasteiger partial charge in [-0.25, -0.2) is 9.69 Å². The van der Waals surface area contributed by atoms with Crippen LogP contribution >= 0.6 is 0 Å². The number of urea groups is 1. The minimum atomic E-state index is -0.273. The number of rotatable bonds is 7. The van der Waals surface area contributed by atoms with Crippen LogP contribution in [-0.4, -0.2) is 59.9 Å². The van der Waals surface area contributed by atoms with Crippen molar-refractivity contribution >= 4 is 23.5 Å². The SMILES string of the molecule is CCCCOc1ccc(C(=O)N2CCC(N3CC(=O)N(c4ccccc4)C3=O)CC2)cc1. The molecule has 0 radical (unpaired) electrons. The van der Waals surface area contributed by atoms with E-state index in [4.69, 9.17) is 4.74 Å². The number of benzene rings is 2. The van der Waals surface area contributed by atoms with Gasteiger partial charge in [-0.2, -0.15) is 0 Å². The van der Waals surface area contributed by atoms with Gasteiger partial charge >= 0.3 is 6.03 Å². The molecule has 0 unspecified atom stereocenters. The Labute approximate surface area is 188 Å². The number of unbranched alkanes of at least 4 members (excludes halogenated alkanes) is 1. The molecule has 0 spiro atoms. The summed E-state index contributed by atoms with van der Waals surface area (Å²) in [5, 5.41) is 0. The van der Waals surface area contributed by atoms with Gasteiger partial charge in [-0.3, -0.25) is 9.59 Å². The van der Waals surface area contributed by atoms with E-state index in [-0.39, 0.29) is 30.4 Å². The molecule has 2 fully saturated rings. The Morgan fingerprint density at radius 1 is 1.00 bits per heavy atom. The molecule has 2 saturated heterocycles. The standard InChI is InChI=1S/C25H29N3O4/c1-2-3-17-32-22-11-9-19(10-12-22)24(30)26-15-13-20(14-16-26)27-18-23(29)28(25(27)31)21-7-5-4-6-8-21/h4-12,20H,2-3,13-18H2,1H3. The molecule has 2 aromatic carbocycles. The number of ether oxygens (including phenoxy) is 1. The van der Waals surface area contributed by atoms with Crippen LogP contribution in [0.25, 0.3) is 0 Å². The predicted octanol–water partition coefficient (Wildman–Crippen LogP) is 3.94. The smallest absolute Gasteiger partial charge is 0.332 e. The molecule has 0 bridgehead atoms. The maximum Gasteiger partial charge on any atom is 0.332 e. The van der Waals surface area contributed by atoms with E-state index in [0.717, 1.165) is 18.6 Å². The Hall–Kier alpha value is -3.35. The number of amides is 4. The molecule has 2 heterocycles. The van der Waals surface area contributed by atoms with E-state index < -0.39 is 0 Å². The third-order valence-electron chi connectivity index (χ3n) is 6.07. The Bertz CT molecular complexity index is 953. The van der Waals surface area contributed by atoms with Gasteiger partial charge in [-0.15, -0.1) is 0 Å². The molecule has 0 saturated carbocycles. The summed E-state index contributed by atoms with van der Waals surface area (Å²) in [7, 11) is 0. The van der Waals surface area contributed by atoms with Crippen LogP contribution in [0.3, 0.4) is 0 Å². The first-order valence-electron chi connectivity index (χ1n) is 11.3. The van der Waals surface area contributed by atoms with E-state index in [0.29, 0.717) is 43.8 Å². The fourth-order valence-electron chi connectivity index (χ4n) is 4.23. The zero-order valence-corrected chi connectivity index (χ0v) is 18.4. The van der Waals surface area contributed by atoms with Crippen molar-refractivity contribution in [2.75, 3.05) is 31.1 Å². The Kier molecular flexibility index (Phi) is 6.73. The molecular weight excluding hydrogens is 406 g/mol. The minimum Gasteiger partial charge on any atom is -0.494 e. The molecule has 0 atom stereocenters. The summed E-state index contributed by atoms with van der Waals surface area (Å²) >= 11 is 0. The first kappa shape index (κ1) is 21.9. The van der Waals surface area contributed by atoms with E-state index in [9.17, 15) is 14.4 Å². The maximum atomic E-state index is 12.9. The van der Waals surface area contributed by atoms with Crippen molar-refractivity contribution in [3.05, 3.63) is 60.2 Å². The number of piperidine rings is 1. The van der Waals surface area contributed by atoms with Gasteiger partial charge in [0.25, 0.3) is 11.8 Å². The van der Waals surface area contributed by atoms with Gasteiger partial charge in [0.1, 0.15) is 12.3 Å². The number of hydrogen-bond donors (Lipinski definition) is 0. The summed E-state index contributed by atoms with van der Waals surface area (Å²) in [4.78, 5) is 43.0. The van der Waals surface area contributed by atoms with Crippen LogP contribution in [-0.2, 0) is 4.79 Å². The van der Waals surface area contributed by atoms with Crippen LogP contribution in [0.1, 0.15) is 43.0 Å². The molecule has 7 nitrogen and oxygen atoms in total. The average molecular weight is 436 g/mol. The lowest BCUT2D eigenvalue weighted by molar-refractivity contribution is -0.116. The summed E-state index contributed by atoms with van der Waals surface area (Å²) in [5.41, 5.74) is 1.23. The maximum absolute atomic E-state index is 12.9. The number of para-hydroxylation sites is 1. The molecule has 2 aliphatic heterocycles. The molecule has 168 valence electrons. The number of hydrogen-bond acceptors (Lipinski definition) is 4. The zero-order chi connectivity index (χ0) is 22.5. The summed E-state index contributed by atoms with van der Waals surface area (Å²) in [5.74, 6) is 0.549. The second-order valence-corrected chi connectivity index (χ2v) is 8.22.